The van der Waals surface area contributed by atoms with Gasteiger partial charge in [-0.3, -0.25) is 4.90 Å². The maximum Gasteiger partial charge on any atom is 0.0799 e. The first-order chi connectivity index (χ1) is 8.60. The highest BCUT2D eigenvalue weighted by atomic mass is 79.9. The molecule has 0 amide bonds. The van der Waals surface area contributed by atoms with Crippen LogP contribution in [-0.4, -0.2) is 35.5 Å². The van der Waals surface area contributed by atoms with Crippen molar-refractivity contribution in [1.29, 1.82) is 0 Å². The van der Waals surface area contributed by atoms with Crippen LogP contribution in [0.1, 0.15) is 12.5 Å². The third kappa shape index (κ3) is 3.61. The molecule has 2 atom stereocenters. The summed E-state index contributed by atoms with van der Waals surface area (Å²) in [5.74, 6) is 0. The Hall–Kier alpha value is 0.200. The lowest BCUT2D eigenvalue weighted by Gasteiger charge is -2.37. The molecule has 18 heavy (non-hydrogen) atoms. The third-order valence-corrected chi connectivity index (χ3v) is 4.50. The van der Waals surface area contributed by atoms with Crippen LogP contribution in [0, 0.1) is 0 Å². The minimum Gasteiger partial charge on any atom is -0.374 e. The van der Waals surface area contributed by atoms with Gasteiger partial charge in [0.1, 0.15) is 0 Å². The van der Waals surface area contributed by atoms with Gasteiger partial charge in [-0.2, -0.15) is 0 Å². The third-order valence-electron chi connectivity index (χ3n) is 3.20. The molecule has 2 nitrogen and oxygen atoms in total. The van der Waals surface area contributed by atoms with Crippen molar-refractivity contribution in [2.24, 2.45) is 0 Å². The highest BCUT2D eigenvalue weighted by molar-refractivity contribution is 9.09. The Bertz CT molecular complexity index is 416. The van der Waals surface area contributed by atoms with Crippen LogP contribution in [-0.2, 0) is 11.3 Å². The van der Waals surface area contributed by atoms with Crippen molar-refractivity contribution < 1.29 is 4.74 Å². The second-order valence-electron chi connectivity index (χ2n) is 4.62. The normalized spacial score (nSPS) is 25.3. The number of halogens is 3. The van der Waals surface area contributed by atoms with Gasteiger partial charge in [-0.15, -0.1) is 0 Å². The van der Waals surface area contributed by atoms with E-state index in [1.807, 2.05) is 12.1 Å². The Morgan fingerprint density at radius 2 is 2.22 bits per heavy atom. The van der Waals surface area contributed by atoms with E-state index in [0.29, 0.717) is 11.1 Å². The molecule has 1 aliphatic rings. The van der Waals surface area contributed by atoms with Crippen molar-refractivity contribution in [2.45, 2.75) is 25.6 Å². The van der Waals surface area contributed by atoms with E-state index in [9.17, 15) is 0 Å². The van der Waals surface area contributed by atoms with Crippen LogP contribution in [0.3, 0.4) is 0 Å². The standard InChI is InChI=1S/C13H16BrCl2NO/c1-9-8-18-12(5-14)7-17(9)6-10-2-3-11(15)4-13(10)16/h2-4,9,12H,5-8H2,1H3. The van der Waals surface area contributed by atoms with Gasteiger partial charge in [0.25, 0.3) is 0 Å². The van der Waals surface area contributed by atoms with Gasteiger partial charge < -0.3 is 4.74 Å². The average molecular weight is 353 g/mol. The van der Waals surface area contributed by atoms with E-state index in [4.69, 9.17) is 27.9 Å². The number of benzene rings is 1. The second-order valence-corrected chi connectivity index (χ2v) is 6.11. The van der Waals surface area contributed by atoms with Crippen LogP contribution >= 0.6 is 39.1 Å². The molecule has 0 saturated carbocycles. The van der Waals surface area contributed by atoms with Gasteiger partial charge in [-0.05, 0) is 24.6 Å². The highest BCUT2D eigenvalue weighted by Crippen LogP contribution is 2.24. The van der Waals surface area contributed by atoms with Crippen LogP contribution in [0.4, 0.5) is 0 Å². The molecule has 2 unspecified atom stereocenters. The highest BCUT2D eigenvalue weighted by Gasteiger charge is 2.25. The summed E-state index contributed by atoms with van der Waals surface area (Å²) in [6, 6.07) is 6.09. The number of rotatable bonds is 3. The molecule has 1 fully saturated rings. The molecule has 0 aliphatic carbocycles. The minimum atomic E-state index is 0.257. The summed E-state index contributed by atoms with van der Waals surface area (Å²) in [7, 11) is 0. The van der Waals surface area contributed by atoms with Gasteiger partial charge in [-0.25, -0.2) is 0 Å². The molecule has 1 aliphatic heterocycles. The predicted molar refractivity (Wildman–Crippen MR) is 79.9 cm³/mol. The molecule has 5 heteroatoms. The summed E-state index contributed by atoms with van der Waals surface area (Å²) in [5, 5.41) is 2.28. The summed E-state index contributed by atoms with van der Waals surface area (Å²) in [6.45, 7) is 4.70. The molecule has 2 rings (SSSR count). The van der Waals surface area contributed by atoms with E-state index in [1.54, 1.807) is 6.07 Å². The van der Waals surface area contributed by atoms with Gasteiger partial charge in [0.15, 0.2) is 0 Å². The topological polar surface area (TPSA) is 12.5 Å². The van der Waals surface area contributed by atoms with Crippen molar-refractivity contribution in [3.63, 3.8) is 0 Å². The number of morpholine rings is 1. The lowest BCUT2D eigenvalue weighted by atomic mass is 10.1. The molecule has 0 spiro atoms. The van der Waals surface area contributed by atoms with E-state index < -0.39 is 0 Å². The van der Waals surface area contributed by atoms with Crippen molar-refractivity contribution in [3.8, 4) is 0 Å². The van der Waals surface area contributed by atoms with Crippen molar-refractivity contribution in [3.05, 3.63) is 33.8 Å². The summed E-state index contributed by atoms with van der Waals surface area (Å²) in [5.41, 5.74) is 1.11. The van der Waals surface area contributed by atoms with E-state index in [1.165, 1.54) is 0 Å². The minimum absolute atomic E-state index is 0.257. The summed E-state index contributed by atoms with van der Waals surface area (Å²) >= 11 is 15.6. The Kier molecular flexibility index (Phi) is 5.34. The van der Waals surface area contributed by atoms with Crippen LogP contribution in [0.5, 0.6) is 0 Å². The van der Waals surface area contributed by atoms with Gasteiger partial charge in [-0.1, -0.05) is 45.2 Å². The maximum absolute atomic E-state index is 6.22. The van der Waals surface area contributed by atoms with Gasteiger partial charge in [0, 0.05) is 34.5 Å². The van der Waals surface area contributed by atoms with Crippen LogP contribution in [0.15, 0.2) is 18.2 Å². The first kappa shape index (κ1) is 14.6. The molecule has 1 heterocycles. The quantitative estimate of drug-likeness (QED) is 0.763. The summed E-state index contributed by atoms with van der Waals surface area (Å²) in [6.07, 6.45) is 0.257. The zero-order valence-corrected chi connectivity index (χ0v) is 13.3. The Morgan fingerprint density at radius 3 is 2.89 bits per heavy atom. The van der Waals surface area contributed by atoms with Gasteiger partial charge in [0.05, 0.1) is 12.7 Å². The number of nitrogens with zero attached hydrogens (tertiary/aromatic N) is 1. The van der Waals surface area contributed by atoms with Crippen molar-refractivity contribution in [2.75, 3.05) is 18.5 Å². The lowest BCUT2D eigenvalue weighted by Crippen LogP contribution is -2.48. The zero-order valence-electron chi connectivity index (χ0n) is 10.2. The fraction of sp³-hybridized carbons (Fsp3) is 0.538. The zero-order chi connectivity index (χ0) is 13.1. The number of alkyl halides is 1. The van der Waals surface area contributed by atoms with Crippen LogP contribution in [0.25, 0.3) is 0 Å². The number of ether oxygens (including phenoxy) is 1. The maximum atomic E-state index is 6.22. The van der Waals surface area contributed by atoms with Crippen LogP contribution in [0.2, 0.25) is 10.0 Å². The first-order valence-corrected chi connectivity index (χ1v) is 7.83. The molecular weight excluding hydrogens is 337 g/mol. The summed E-state index contributed by atoms with van der Waals surface area (Å²) < 4.78 is 5.71. The fourth-order valence-electron chi connectivity index (χ4n) is 2.06. The smallest absolute Gasteiger partial charge is 0.0799 e. The monoisotopic (exact) mass is 351 g/mol. The fourth-order valence-corrected chi connectivity index (χ4v) is 2.92. The number of hydrogen-bond acceptors (Lipinski definition) is 2. The molecule has 1 aromatic rings. The van der Waals surface area contributed by atoms with E-state index in [0.717, 1.165) is 35.6 Å². The largest absolute Gasteiger partial charge is 0.374 e. The molecule has 0 aromatic heterocycles. The summed E-state index contributed by atoms with van der Waals surface area (Å²) in [4.78, 5) is 2.39. The molecule has 0 bridgehead atoms. The Balaban J connectivity index is 2.07. The number of hydrogen-bond donors (Lipinski definition) is 0. The van der Waals surface area contributed by atoms with Crippen molar-refractivity contribution in [1.82, 2.24) is 4.90 Å². The van der Waals surface area contributed by atoms with Crippen molar-refractivity contribution >= 4 is 39.1 Å². The van der Waals surface area contributed by atoms with E-state index >= 15 is 0 Å². The van der Waals surface area contributed by atoms with E-state index in [2.05, 4.69) is 27.8 Å². The first-order valence-electron chi connectivity index (χ1n) is 5.95. The van der Waals surface area contributed by atoms with Crippen LogP contribution < -0.4 is 0 Å². The molecular formula is C13H16BrCl2NO. The SMILES string of the molecule is CC1COC(CBr)CN1Cc1ccc(Cl)cc1Cl. The van der Waals surface area contributed by atoms with E-state index in [-0.39, 0.29) is 6.10 Å². The Labute approximate surface area is 126 Å². The predicted octanol–water partition coefficient (Wildman–Crippen LogP) is 3.98. The molecule has 100 valence electrons. The molecule has 0 N–H and O–H groups in total. The second kappa shape index (κ2) is 6.58. The molecule has 1 saturated heterocycles. The molecule has 1 aromatic carbocycles. The molecule has 0 radical (unpaired) electrons. The van der Waals surface area contributed by atoms with Gasteiger partial charge >= 0.3 is 0 Å². The Morgan fingerprint density at radius 1 is 1.44 bits per heavy atom. The van der Waals surface area contributed by atoms with Gasteiger partial charge in [0.2, 0.25) is 0 Å². The average Bonchev–Trinajstić information content (AvgIpc) is 2.35. The lowest BCUT2D eigenvalue weighted by molar-refractivity contribution is -0.0499.